The van der Waals surface area contributed by atoms with Crippen LogP contribution in [0.15, 0.2) is 30.3 Å². The molecule has 2 saturated carbocycles. The molecule has 53 heavy (non-hydrogen) atoms. The molecule has 0 bridgehead atoms. The quantitative estimate of drug-likeness (QED) is 0.187. The van der Waals surface area contributed by atoms with Gasteiger partial charge in [0.1, 0.15) is 24.2 Å². The number of nitrogens with one attached hydrogen (secondary N) is 4. The van der Waals surface area contributed by atoms with Crippen LogP contribution in [-0.2, 0) is 33.5 Å². The number of nitrogens with zero attached hydrogens (tertiary/aromatic N) is 2. The Labute approximate surface area is 312 Å². The van der Waals surface area contributed by atoms with Crippen LogP contribution in [0.1, 0.15) is 97.6 Å². The lowest BCUT2D eigenvalue weighted by Crippen LogP contribution is -2.61. The standard InChI is InChI=1S/C39H58N6O8/c1-8-15-28(32(47)35(49)40-21-29(46)42-30(36(50)44(6)7)25-16-11-9-12-17-25)41-34(48)31-27-20-26(27)22-45(31)37(51)33(39(5)18-13-10-14-19-39)43-38(52)53-24(4)23(2)3/h9,11-12,16-17,23-24,26-28,30-31,33H,8,10,13-15,18-22H2,1-7H3,(H,40,49)(H,41,48)(H,42,46)(H,43,52)/t24?,26?,27-,28?,30-,31-,33+/m0/s1. The summed E-state index contributed by atoms with van der Waals surface area (Å²) in [6, 6.07) is 4.71. The van der Waals surface area contributed by atoms with E-state index in [1.165, 1.54) is 4.90 Å². The minimum atomic E-state index is -1.19. The number of amides is 6. The highest BCUT2D eigenvalue weighted by Crippen LogP contribution is 2.50. The number of piperidine rings is 1. The third-order valence-electron chi connectivity index (χ3n) is 11.1. The maximum Gasteiger partial charge on any atom is 0.408 e. The molecule has 1 saturated heterocycles. The van der Waals surface area contributed by atoms with Crippen molar-refractivity contribution in [2.75, 3.05) is 27.2 Å². The highest BCUT2D eigenvalue weighted by atomic mass is 16.6. The van der Waals surface area contributed by atoms with Gasteiger partial charge in [-0.15, -0.1) is 0 Å². The Hall–Kier alpha value is -4.49. The molecule has 0 aromatic heterocycles. The number of likely N-dealkylation sites (N-methyl/N-ethyl adjacent to an activating group) is 1. The maximum atomic E-state index is 14.4. The lowest BCUT2D eigenvalue weighted by atomic mass is 9.70. The van der Waals surface area contributed by atoms with Gasteiger partial charge in [0.05, 0.1) is 12.6 Å². The molecular formula is C39H58N6O8. The normalized spacial score (nSPS) is 22.3. The number of rotatable bonds is 16. The smallest absolute Gasteiger partial charge is 0.408 e. The largest absolute Gasteiger partial charge is 0.446 e. The number of hydrogen-bond donors (Lipinski definition) is 4. The zero-order valence-corrected chi connectivity index (χ0v) is 32.2. The van der Waals surface area contributed by atoms with E-state index in [1.54, 1.807) is 56.3 Å². The Morgan fingerprint density at radius 3 is 2.21 bits per heavy atom. The van der Waals surface area contributed by atoms with Crippen LogP contribution >= 0.6 is 0 Å². The highest BCUT2D eigenvalue weighted by molar-refractivity contribution is 6.38. The Kier molecular flexibility index (Phi) is 14.0. The Bertz CT molecular complexity index is 1510. The average molecular weight is 739 g/mol. The van der Waals surface area contributed by atoms with Crippen molar-refractivity contribution in [1.82, 2.24) is 31.1 Å². The van der Waals surface area contributed by atoms with Crippen molar-refractivity contribution in [3.8, 4) is 0 Å². The highest BCUT2D eigenvalue weighted by Gasteiger charge is 2.59. The molecule has 3 aliphatic rings. The number of benzene rings is 1. The summed E-state index contributed by atoms with van der Waals surface area (Å²) in [5.41, 5.74) is 0.0236. The zero-order chi connectivity index (χ0) is 39.0. The predicted molar refractivity (Wildman–Crippen MR) is 197 cm³/mol. The number of likely N-dealkylation sites (tertiary alicyclic amines) is 1. The summed E-state index contributed by atoms with van der Waals surface area (Å²) in [6.45, 7) is 9.29. The predicted octanol–water partition coefficient (Wildman–Crippen LogP) is 2.86. The summed E-state index contributed by atoms with van der Waals surface area (Å²) in [4.78, 5) is 96.5. The van der Waals surface area contributed by atoms with Crippen LogP contribution in [0.2, 0.25) is 0 Å². The molecule has 4 N–H and O–H groups in total. The fourth-order valence-electron chi connectivity index (χ4n) is 7.46. The lowest BCUT2D eigenvalue weighted by molar-refractivity contribution is -0.145. The fourth-order valence-corrected chi connectivity index (χ4v) is 7.46. The number of carbonyl (C=O) groups is 7. The molecule has 0 radical (unpaired) electrons. The topological polar surface area (TPSA) is 183 Å². The van der Waals surface area contributed by atoms with Crippen LogP contribution < -0.4 is 21.3 Å². The van der Waals surface area contributed by atoms with Gasteiger partial charge in [0, 0.05) is 20.6 Å². The molecule has 4 rings (SSSR count). The molecule has 3 fully saturated rings. The van der Waals surface area contributed by atoms with Gasteiger partial charge in [-0.25, -0.2) is 4.79 Å². The van der Waals surface area contributed by atoms with Gasteiger partial charge in [0.25, 0.3) is 5.91 Å². The molecule has 292 valence electrons. The molecule has 1 aliphatic heterocycles. The summed E-state index contributed by atoms with van der Waals surface area (Å²) < 4.78 is 5.60. The van der Waals surface area contributed by atoms with Crippen molar-refractivity contribution >= 4 is 41.4 Å². The van der Waals surface area contributed by atoms with Crippen LogP contribution in [0.25, 0.3) is 0 Å². The van der Waals surface area contributed by atoms with E-state index in [0.717, 1.165) is 38.5 Å². The second kappa shape index (κ2) is 18.0. The second-order valence-electron chi connectivity index (χ2n) is 15.8. The van der Waals surface area contributed by atoms with Crippen molar-refractivity contribution in [2.24, 2.45) is 23.2 Å². The first-order chi connectivity index (χ1) is 25.1. The Balaban J connectivity index is 1.43. The number of ketones is 1. The minimum Gasteiger partial charge on any atom is -0.446 e. The van der Waals surface area contributed by atoms with E-state index in [2.05, 4.69) is 21.3 Å². The van der Waals surface area contributed by atoms with E-state index >= 15 is 0 Å². The van der Waals surface area contributed by atoms with Crippen molar-refractivity contribution in [1.29, 1.82) is 0 Å². The van der Waals surface area contributed by atoms with E-state index in [0.29, 0.717) is 18.5 Å². The van der Waals surface area contributed by atoms with Crippen LogP contribution in [0, 0.1) is 23.2 Å². The van der Waals surface area contributed by atoms with Gasteiger partial charge in [-0.3, -0.25) is 28.8 Å². The lowest BCUT2D eigenvalue weighted by Gasteiger charge is -2.42. The van der Waals surface area contributed by atoms with Gasteiger partial charge >= 0.3 is 6.09 Å². The Morgan fingerprint density at radius 1 is 0.943 bits per heavy atom. The third-order valence-corrected chi connectivity index (χ3v) is 11.1. The summed E-state index contributed by atoms with van der Waals surface area (Å²) in [6.07, 6.45) is 4.70. The zero-order valence-electron chi connectivity index (χ0n) is 32.2. The molecule has 3 unspecified atom stereocenters. The molecule has 7 atom stereocenters. The fraction of sp³-hybridized carbons (Fsp3) is 0.667. The molecule has 6 amide bonds. The number of alkyl carbamates (subject to hydrolysis) is 1. The number of fused-ring (bicyclic) bond motifs is 1. The third kappa shape index (κ3) is 10.3. The summed E-state index contributed by atoms with van der Waals surface area (Å²) in [5.74, 6) is -3.78. The number of carbonyl (C=O) groups excluding carboxylic acids is 7. The van der Waals surface area contributed by atoms with Gasteiger partial charge in [-0.05, 0) is 61.3 Å². The summed E-state index contributed by atoms with van der Waals surface area (Å²) in [5, 5.41) is 10.6. The van der Waals surface area contributed by atoms with Crippen molar-refractivity contribution < 1.29 is 38.3 Å². The molecule has 1 aromatic rings. The summed E-state index contributed by atoms with van der Waals surface area (Å²) in [7, 11) is 3.13. The first kappa shape index (κ1) is 41.3. The van der Waals surface area contributed by atoms with Gasteiger partial charge in [0.15, 0.2) is 0 Å². The van der Waals surface area contributed by atoms with Gasteiger partial charge in [-0.2, -0.15) is 0 Å². The minimum absolute atomic E-state index is 0.0858. The molecular weight excluding hydrogens is 680 g/mol. The summed E-state index contributed by atoms with van der Waals surface area (Å²) >= 11 is 0. The maximum absolute atomic E-state index is 14.4. The van der Waals surface area contributed by atoms with E-state index in [1.807, 2.05) is 27.7 Å². The first-order valence-electron chi connectivity index (χ1n) is 19.0. The first-order valence-corrected chi connectivity index (χ1v) is 19.0. The molecule has 1 aromatic carbocycles. The van der Waals surface area contributed by atoms with Crippen molar-refractivity contribution in [3.63, 3.8) is 0 Å². The SMILES string of the molecule is CCCC(NC(=O)[C@@H]1[C@H]2CC2CN1C(=O)[C@@H](NC(=O)OC(C)C(C)C)C1(C)CCCCC1)C(=O)C(=O)NCC(=O)N[C@H](C(=O)N(C)C)c1ccccc1. The van der Waals surface area contributed by atoms with Gasteiger partial charge < -0.3 is 35.8 Å². The number of Topliss-reactive ketones (excluding diaryl/α,β-unsaturated/α-hetero) is 1. The Morgan fingerprint density at radius 2 is 1.60 bits per heavy atom. The second-order valence-corrected chi connectivity index (χ2v) is 15.8. The van der Waals surface area contributed by atoms with Gasteiger partial charge in [0.2, 0.25) is 29.4 Å². The van der Waals surface area contributed by atoms with Crippen LogP contribution in [0.4, 0.5) is 4.79 Å². The van der Waals surface area contributed by atoms with Gasteiger partial charge in [-0.1, -0.05) is 83.7 Å². The van der Waals surface area contributed by atoms with Crippen LogP contribution in [-0.4, -0.2) is 103 Å². The van der Waals surface area contributed by atoms with Crippen molar-refractivity contribution in [3.05, 3.63) is 35.9 Å². The van der Waals surface area contributed by atoms with Crippen molar-refractivity contribution in [2.45, 2.75) is 116 Å². The van der Waals surface area contributed by atoms with E-state index in [9.17, 15) is 33.6 Å². The van der Waals surface area contributed by atoms with Crippen LogP contribution in [0.3, 0.4) is 0 Å². The van der Waals surface area contributed by atoms with E-state index in [4.69, 9.17) is 4.74 Å². The van der Waals surface area contributed by atoms with Crippen LogP contribution in [0.5, 0.6) is 0 Å². The molecule has 14 nitrogen and oxygen atoms in total. The molecule has 1 heterocycles. The van der Waals surface area contributed by atoms with E-state index < -0.39 is 65.7 Å². The molecule has 0 spiro atoms. The number of hydrogen-bond acceptors (Lipinski definition) is 8. The number of ether oxygens (including phenoxy) is 1. The molecule has 14 heteroatoms. The van der Waals surface area contributed by atoms with E-state index in [-0.39, 0.29) is 42.1 Å². The average Bonchev–Trinajstić information content (AvgIpc) is 3.79. The molecule has 2 aliphatic carbocycles. The monoisotopic (exact) mass is 738 g/mol.